The highest BCUT2D eigenvalue weighted by Crippen LogP contribution is 2.37. The van der Waals surface area contributed by atoms with E-state index in [1.807, 2.05) is 35.2 Å². The van der Waals surface area contributed by atoms with E-state index < -0.39 is 21.8 Å². The number of rotatable bonds is 14. The Morgan fingerprint density at radius 1 is 0.836 bits per heavy atom. The Morgan fingerprint density at radius 2 is 1.54 bits per heavy atom. The predicted molar refractivity (Wildman–Crippen MR) is 244 cm³/mol. The van der Waals surface area contributed by atoms with Crippen molar-refractivity contribution in [1.82, 2.24) is 24.3 Å². The van der Waals surface area contributed by atoms with Crippen LogP contribution in [0, 0.1) is 6.92 Å². The van der Waals surface area contributed by atoms with Gasteiger partial charge in [-0.3, -0.25) is 14.4 Å². The summed E-state index contributed by atoms with van der Waals surface area (Å²) in [5.41, 5.74) is 5.54. The van der Waals surface area contributed by atoms with E-state index in [-0.39, 0.29) is 32.6 Å². The number of amides is 3. The van der Waals surface area contributed by atoms with Crippen LogP contribution in [0.15, 0.2) is 82.2 Å². The van der Waals surface area contributed by atoms with E-state index in [0.717, 1.165) is 47.9 Å². The van der Waals surface area contributed by atoms with E-state index in [0.29, 0.717) is 83.7 Å². The first kappa shape index (κ1) is 44.6. The lowest BCUT2D eigenvalue weighted by Crippen LogP contribution is -2.37. The fraction of sp³-hybridized carbons (Fsp3) is 0.333. The summed E-state index contributed by atoms with van der Waals surface area (Å²) in [4.78, 5) is 47.9. The fourth-order valence-electron chi connectivity index (χ4n) is 7.81. The van der Waals surface area contributed by atoms with E-state index in [9.17, 15) is 22.8 Å². The zero-order valence-electron chi connectivity index (χ0n) is 34.1. The van der Waals surface area contributed by atoms with Gasteiger partial charge in [0, 0.05) is 55.0 Å². The first-order valence-corrected chi connectivity index (χ1v) is 23.7. The molecule has 7 rings (SSSR count). The minimum Gasteiger partial charge on any atom is -0.367 e. The van der Waals surface area contributed by atoms with Crippen molar-refractivity contribution < 1.29 is 22.8 Å². The molecule has 1 aromatic heterocycles. The van der Waals surface area contributed by atoms with Crippen molar-refractivity contribution >= 4 is 84.2 Å². The standard InChI is InChI=1S/C45H46BrCl3N6O5S/c1-4-6-18-52(19-7-5-2)45(58)42-41(49)28(3)55(50-42)38-15-13-32(23-34(38)44(57)54-21-16-30-10-8-9-11-33(30)27-54)43(56)51-61(59,60)40-25-39-31(24-35(40)46)17-20-53(39)26-29-12-14-36(47)37(48)22-29/h8-15,22-25H,4-7,16-21,26-27H2,1-3H3,(H,51,56). The van der Waals surface area contributed by atoms with Gasteiger partial charge >= 0.3 is 0 Å². The van der Waals surface area contributed by atoms with Crippen LogP contribution in [0.25, 0.3) is 5.69 Å². The van der Waals surface area contributed by atoms with Crippen molar-refractivity contribution in [1.29, 1.82) is 0 Å². The van der Waals surface area contributed by atoms with Crippen LogP contribution in [0.4, 0.5) is 5.69 Å². The molecule has 5 aromatic rings. The smallest absolute Gasteiger partial charge is 0.275 e. The minimum absolute atomic E-state index is 0.0656. The SMILES string of the molecule is CCCCN(CCCC)C(=O)c1nn(-c2ccc(C(=O)NS(=O)(=O)c3cc4c(cc3Br)CCN4Cc3ccc(Cl)c(Cl)c3)cc2C(=O)N2CCc3ccccc3C2)c(C)c1Cl. The largest absolute Gasteiger partial charge is 0.367 e. The highest BCUT2D eigenvalue weighted by atomic mass is 79.9. The average Bonchev–Trinajstić information content (AvgIpc) is 3.78. The molecule has 320 valence electrons. The molecule has 61 heavy (non-hydrogen) atoms. The van der Waals surface area contributed by atoms with E-state index in [1.54, 1.807) is 41.0 Å². The second-order valence-electron chi connectivity index (χ2n) is 15.4. The Bertz CT molecular complexity index is 2630. The molecule has 0 fully saturated rings. The third-order valence-electron chi connectivity index (χ3n) is 11.2. The molecule has 4 aromatic carbocycles. The summed E-state index contributed by atoms with van der Waals surface area (Å²) in [6.07, 6.45) is 4.80. The lowest BCUT2D eigenvalue weighted by molar-refractivity contribution is 0.0732. The van der Waals surface area contributed by atoms with Gasteiger partial charge in [0.1, 0.15) is 4.90 Å². The normalized spacial score (nSPS) is 13.6. The maximum absolute atomic E-state index is 14.6. The minimum atomic E-state index is -4.44. The van der Waals surface area contributed by atoms with Crippen LogP contribution in [0.3, 0.4) is 0 Å². The Balaban J connectivity index is 1.22. The number of sulfonamides is 1. The third kappa shape index (κ3) is 9.51. The molecule has 11 nitrogen and oxygen atoms in total. The molecular formula is C45H46BrCl3N6O5S. The number of nitrogens with zero attached hydrogens (tertiary/aromatic N) is 5. The van der Waals surface area contributed by atoms with Gasteiger partial charge in [0.2, 0.25) is 0 Å². The summed E-state index contributed by atoms with van der Waals surface area (Å²) in [6.45, 7) is 8.83. The number of nitrogens with one attached hydrogen (secondary N) is 1. The van der Waals surface area contributed by atoms with Crippen LogP contribution < -0.4 is 9.62 Å². The van der Waals surface area contributed by atoms with Gasteiger partial charge in [0.25, 0.3) is 27.7 Å². The molecule has 0 spiro atoms. The van der Waals surface area contributed by atoms with Gasteiger partial charge in [0.05, 0.1) is 32.0 Å². The van der Waals surface area contributed by atoms with E-state index in [1.165, 1.54) is 22.9 Å². The van der Waals surface area contributed by atoms with Crippen LogP contribution >= 0.6 is 50.7 Å². The summed E-state index contributed by atoms with van der Waals surface area (Å²) in [6, 6.07) is 21.0. The number of halogens is 4. The number of hydrogen-bond acceptors (Lipinski definition) is 7. The summed E-state index contributed by atoms with van der Waals surface area (Å²) in [5.74, 6) is -1.62. The lowest BCUT2D eigenvalue weighted by atomic mass is 9.98. The number of anilines is 1. The molecule has 1 N–H and O–H groups in total. The maximum Gasteiger partial charge on any atom is 0.275 e. The van der Waals surface area contributed by atoms with Gasteiger partial charge in [-0.05, 0) is 113 Å². The zero-order chi connectivity index (χ0) is 43.6. The van der Waals surface area contributed by atoms with Gasteiger partial charge < -0.3 is 14.7 Å². The summed E-state index contributed by atoms with van der Waals surface area (Å²) in [7, 11) is -4.44. The third-order valence-corrected chi connectivity index (χ3v) is 14.7. The highest BCUT2D eigenvalue weighted by molar-refractivity contribution is 9.10. The highest BCUT2D eigenvalue weighted by Gasteiger charge is 2.31. The summed E-state index contributed by atoms with van der Waals surface area (Å²) < 4.78 is 32.1. The van der Waals surface area contributed by atoms with Gasteiger partial charge in [-0.1, -0.05) is 91.8 Å². The number of fused-ring (bicyclic) bond motifs is 2. The Morgan fingerprint density at radius 3 is 2.25 bits per heavy atom. The molecule has 0 radical (unpaired) electrons. The first-order chi connectivity index (χ1) is 29.2. The first-order valence-electron chi connectivity index (χ1n) is 20.3. The fourth-order valence-corrected chi connectivity index (χ4v) is 10.4. The van der Waals surface area contributed by atoms with E-state index >= 15 is 0 Å². The van der Waals surface area contributed by atoms with Crippen LogP contribution in [0.1, 0.15) is 98.7 Å². The van der Waals surface area contributed by atoms with E-state index in [2.05, 4.69) is 34.5 Å². The summed E-state index contributed by atoms with van der Waals surface area (Å²) in [5, 5.41) is 5.73. The number of unbranched alkanes of at least 4 members (excludes halogenated alkanes) is 2. The van der Waals surface area contributed by atoms with Crippen molar-refractivity contribution in [3.05, 3.63) is 137 Å². The monoisotopic (exact) mass is 966 g/mol. The molecule has 0 aliphatic carbocycles. The maximum atomic E-state index is 14.6. The summed E-state index contributed by atoms with van der Waals surface area (Å²) >= 11 is 22.7. The number of carbonyl (C=O) groups is 3. The predicted octanol–water partition coefficient (Wildman–Crippen LogP) is 9.83. The number of benzene rings is 4. The van der Waals surface area contributed by atoms with Crippen molar-refractivity contribution in [2.24, 2.45) is 0 Å². The molecule has 0 unspecified atom stereocenters. The van der Waals surface area contributed by atoms with Gasteiger partial charge in [-0.15, -0.1) is 0 Å². The van der Waals surface area contributed by atoms with Crippen molar-refractivity contribution in [2.45, 2.75) is 77.3 Å². The average molecular weight is 969 g/mol. The topological polar surface area (TPSA) is 125 Å². The van der Waals surface area contributed by atoms with Crippen LogP contribution in [0.5, 0.6) is 0 Å². The van der Waals surface area contributed by atoms with Gasteiger partial charge in [0.15, 0.2) is 5.69 Å². The number of carbonyl (C=O) groups excluding carboxylic acids is 3. The van der Waals surface area contributed by atoms with Gasteiger partial charge in [-0.2, -0.15) is 5.10 Å². The second-order valence-corrected chi connectivity index (χ2v) is 19.1. The second kappa shape index (κ2) is 18.9. The molecule has 2 aliphatic heterocycles. The quantitative estimate of drug-likeness (QED) is 0.118. The molecule has 2 aliphatic rings. The van der Waals surface area contributed by atoms with Crippen molar-refractivity contribution in [2.75, 3.05) is 31.1 Å². The van der Waals surface area contributed by atoms with Crippen LogP contribution in [0.2, 0.25) is 15.1 Å². The Kier molecular flexibility index (Phi) is 13.8. The Labute approximate surface area is 380 Å². The number of hydrogen-bond donors (Lipinski definition) is 1. The molecule has 16 heteroatoms. The molecule has 3 heterocycles. The van der Waals surface area contributed by atoms with Gasteiger partial charge in [-0.25, -0.2) is 17.8 Å². The van der Waals surface area contributed by atoms with Crippen LogP contribution in [-0.2, 0) is 36.0 Å². The van der Waals surface area contributed by atoms with Crippen molar-refractivity contribution in [3.8, 4) is 5.69 Å². The molecule has 0 bridgehead atoms. The zero-order valence-corrected chi connectivity index (χ0v) is 38.8. The van der Waals surface area contributed by atoms with Crippen LogP contribution in [-0.4, -0.2) is 71.9 Å². The molecular weight excluding hydrogens is 923 g/mol. The molecule has 3 amide bonds. The van der Waals surface area contributed by atoms with Crippen molar-refractivity contribution in [3.63, 3.8) is 0 Å². The Hall–Kier alpha value is -4.40. The molecule has 0 saturated carbocycles. The molecule has 0 atom stereocenters. The number of aromatic nitrogens is 2. The molecule has 0 saturated heterocycles. The lowest BCUT2D eigenvalue weighted by Gasteiger charge is -2.29. The van der Waals surface area contributed by atoms with E-state index in [4.69, 9.17) is 39.9 Å².